The minimum atomic E-state index is -0.690. The van der Waals surface area contributed by atoms with Crippen molar-refractivity contribution in [2.45, 2.75) is 6.61 Å². The summed E-state index contributed by atoms with van der Waals surface area (Å²) >= 11 is 3.12. The van der Waals surface area contributed by atoms with Crippen LogP contribution in [-0.2, 0) is 6.61 Å². The molecule has 2 rings (SSSR count). The maximum absolute atomic E-state index is 13.4. The van der Waals surface area contributed by atoms with Crippen molar-refractivity contribution in [3.63, 3.8) is 0 Å². The van der Waals surface area contributed by atoms with Gasteiger partial charge in [-0.05, 0) is 35.9 Å². The summed E-state index contributed by atoms with van der Waals surface area (Å²) in [5, 5.41) is 0. The van der Waals surface area contributed by atoms with Gasteiger partial charge in [0.25, 0.3) is 0 Å². The van der Waals surface area contributed by atoms with Crippen molar-refractivity contribution >= 4 is 15.9 Å². The second-order valence-corrected chi connectivity index (χ2v) is 4.56. The molecule has 0 aromatic heterocycles. The molecule has 94 valence electrons. The molecular weight excluding hydrogens is 309 g/mol. The standard InChI is InChI=1S/C13H8BrF3O/c14-9-1-2-13(12(17)5-9)18-7-8-3-10(15)6-11(16)4-8/h1-6H,7H2. The van der Waals surface area contributed by atoms with E-state index in [1.54, 1.807) is 6.07 Å². The SMILES string of the molecule is Fc1cc(F)cc(COc2ccc(Br)cc2F)c1. The number of hydrogen-bond donors (Lipinski definition) is 0. The van der Waals surface area contributed by atoms with E-state index in [0.717, 1.165) is 18.2 Å². The second kappa shape index (κ2) is 5.44. The average molecular weight is 317 g/mol. The molecule has 0 saturated heterocycles. The van der Waals surface area contributed by atoms with E-state index in [0.29, 0.717) is 10.0 Å². The number of hydrogen-bond acceptors (Lipinski definition) is 1. The van der Waals surface area contributed by atoms with Gasteiger partial charge in [0.05, 0.1) is 0 Å². The summed E-state index contributed by atoms with van der Waals surface area (Å²) in [7, 11) is 0. The molecular formula is C13H8BrF3O. The summed E-state index contributed by atoms with van der Waals surface area (Å²) in [6, 6.07) is 7.35. The first kappa shape index (κ1) is 13.0. The normalized spacial score (nSPS) is 10.4. The van der Waals surface area contributed by atoms with Crippen LogP contribution in [0, 0.1) is 17.5 Å². The second-order valence-electron chi connectivity index (χ2n) is 3.64. The molecule has 0 unspecified atom stereocenters. The van der Waals surface area contributed by atoms with Crippen LogP contribution < -0.4 is 4.74 Å². The van der Waals surface area contributed by atoms with Gasteiger partial charge >= 0.3 is 0 Å². The number of ether oxygens (including phenoxy) is 1. The van der Waals surface area contributed by atoms with Gasteiger partial charge in [0.1, 0.15) is 18.2 Å². The fourth-order valence-electron chi connectivity index (χ4n) is 1.45. The lowest BCUT2D eigenvalue weighted by atomic mass is 10.2. The molecule has 0 heterocycles. The Morgan fingerprint density at radius 3 is 2.22 bits per heavy atom. The highest BCUT2D eigenvalue weighted by atomic mass is 79.9. The lowest BCUT2D eigenvalue weighted by Gasteiger charge is -2.07. The van der Waals surface area contributed by atoms with E-state index >= 15 is 0 Å². The predicted molar refractivity (Wildman–Crippen MR) is 64.8 cm³/mol. The first-order valence-electron chi connectivity index (χ1n) is 5.07. The van der Waals surface area contributed by atoms with Gasteiger partial charge in [0.2, 0.25) is 0 Å². The zero-order valence-electron chi connectivity index (χ0n) is 9.09. The quantitative estimate of drug-likeness (QED) is 0.813. The summed E-state index contributed by atoms with van der Waals surface area (Å²) in [5.41, 5.74) is 0.301. The highest BCUT2D eigenvalue weighted by Gasteiger charge is 2.06. The molecule has 1 nitrogen and oxygen atoms in total. The highest BCUT2D eigenvalue weighted by Crippen LogP contribution is 2.22. The first-order valence-corrected chi connectivity index (χ1v) is 5.87. The molecule has 18 heavy (non-hydrogen) atoms. The summed E-state index contributed by atoms with van der Waals surface area (Å²) in [6.07, 6.45) is 0. The van der Waals surface area contributed by atoms with Gasteiger partial charge in [0, 0.05) is 10.5 Å². The van der Waals surface area contributed by atoms with Crippen molar-refractivity contribution in [1.29, 1.82) is 0 Å². The van der Waals surface area contributed by atoms with Crippen molar-refractivity contribution in [3.8, 4) is 5.75 Å². The molecule has 2 aromatic rings. The Bertz CT molecular complexity index is 552. The van der Waals surface area contributed by atoms with Crippen LogP contribution in [-0.4, -0.2) is 0 Å². The summed E-state index contributed by atoms with van der Waals surface area (Å²) in [6.45, 7) is -0.104. The van der Waals surface area contributed by atoms with Gasteiger partial charge in [-0.3, -0.25) is 0 Å². The van der Waals surface area contributed by atoms with E-state index in [1.807, 2.05) is 0 Å². The maximum Gasteiger partial charge on any atom is 0.166 e. The van der Waals surface area contributed by atoms with Crippen LogP contribution in [0.15, 0.2) is 40.9 Å². The predicted octanol–water partition coefficient (Wildman–Crippen LogP) is 4.45. The van der Waals surface area contributed by atoms with Crippen LogP contribution in [0.3, 0.4) is 0 Å². The van der Waals surface area contributed by atoms with E-state index < -0.39 is 17.5 Å². The molecule has 2 aromatic carbocycles. The summed E-state index contributed by atoms with van der Waals surface area (Å²) in [4.78, 5) is 0. The Morgan fingerprint density at radius 1 is 0.944 bits per heavy atom. The van der Waals surface area contributed by atoms with E-state index in [2.05, 4.69) is 15.9 Å². The lowest BCUT2D eigenvalue weighted by molar-refractivity contribution is 0.289. The van der Waals surface area contributed by atoms with Crippen molar-refractivity contribution in [3.05, 3.63) is 63.9 Å². The van der Waals surface area contributed by atoms with Gasteiger partial charge in [-0.25, -0.2) is 13.2 Å². The van der Waals surface area contributed by atoms with E-state index in [1.165, 1.54) is 12.1 Å². The van der Waals surface area contributed by atoms with Crippen molar-refractivity contribution < 1.29 is 17.9 Å². The summed E-state index contributed by atoms with van der Waals surface area (Å²) < 4.78 is 45.0. The van der Waals surface area contributed by atoms with Crippen LogP contribution in [0.25, 0.3) is 0 Å². The molecule has 0 N–H and O–H groups in total. The van der Waals surface area contributed by atoms with Gasteiger partial charge in [-0.2, -0.15) is 0 Å². The fraction of sp³-hybridized carbons (Fsp3) is 0.0769. The van der Waals surface area contributed by atoms with Crippen LogP contribution in [0.1, 0.15) is 5.56 Å². The Kier molecular flexibility index (Phi) is 3.91. The van der Waals surface area contributed by atoms with E-state index in [4.69, 9.17) is 4.74 Å². The van der Waals surface area contributed by atoms with Crippen molar-refractivity contribution in [2.24, 2.45) is 0 Å². The molecule has 0 atom stereocenters. The highest BCUT2D eigenvalue weighted by molar-refractivity contribution is 9.10. The maximum atomic E-state index is 13.4. The molecule has 5 heteroatoms. The van der Waals surface area contributed by atoms with Crippen LogP contribution in [0.5, 0.6) is 5.75 Å². The van der Waals surface area contributed by atoms with Gasteiger partial charge in [0.15, 0.2) is 11.6 Å². The first-order chi connectivity index (χ1) is 8.54. The van der Waals surface area contributed by atoms with Gasteiger partial charge in [-0.1, -0.05) is 15.9 Å². The van der Waals surface area contributed by atoms with Crippen LogP contribution in [0.2, 0.25) is 0 Å². The third-order valence-electron chi connectivity index (χ3n) is 2.21. The lowest BCUT2D eigenvalue weighted by Crippen LogP contribution is -1.98. The van der Waals surface area contributed by atoms with Crippen LogP contribution in [0.4, 0.5) is 13.2 Å². The molecule has 0 aliphatic heterocycles. The molecule has 0 fully saturated rings. The largest absolute Gasteiger partial charge is 0.486 e. The molecule has 0 radical (unpaired) electrons. The minimum Gasteiger partial charge on any atom is -0.486 e. The zero-order chi connectivity index (χ0) is 13.1. The Labute approximate surface area is 110 Å². The fourth-order valence-corrected chi connectivity index (χ4v) is 1.78. The Morgan fingerprint density at radius 2 is 1.61 bits per heavy atom. The van der Waals surface area contributed by atoms with Gasteiger partial charge < -0.3 is 4.74 Å². The smallest absolute Gasteiger partial charge is 0.166 e. The minimum absolute atomic E-state index is 0.0304. The molecule has 0 amide bonds. The van der Waals surface area contributed by atoms with E-state index in [9.17, 15) is 13.2 Å². The summed E-state index contributed by atoms with van der Waals surface area (Å²) in [5.74, 6) is -1.89. The molecule has 0 aliphatic carbocycles. The third kappa shape index (κ3) is 3.26. The molecule has 0 aliphatic rings. The molecule has 0 saturated carbocycles. The van der Waals surface area contributed by atoms with Crippen molar-refractivity contribution in [2.75, 3.05) is 0 Å². The van der Waals surface area contributed by atoms with Gasteiger partial charge in [-0.15, -0.1) is 0 Å². The molecule has 0 spiro atoms. The number of rotatable bonds is 3. The number of halogens is 4. The monoisotopic (exact) mass is 316 g/mol. The molecule has 0 bridgehead atoms. The van der Waals surface area contributed by atoms with Crippen LogP contribution >= 0.6 is 15.9 Å². The average Bonchev–Trinajstić information content (AvgIpc) is 2.26. The zero-order valence-corrected chi connectivity index (χ0v) is 10.7. The topological polar surface area (TPSA) is 9.23 Å². The van der Waals surface area contributed by atoms with Crippen molar-refractivity contribution in [1.82, 2.24) is 0 Å². The van der Waals surface area contributed by atoms with E-state index in [-0.39, 0.29) is 12.4 Å². The Balaban J connectivity index is 2.11. The third-order valence-corrected chi connectivity index (χ3v) is 2.70. The number of benzene rings is 2. The Hall–Kier alpha value is -1.49.